The number of piperidine rings is 1. The highest BCUT2D eigenvalue weighted by Crippen LogP contribution is 2.20. The number of urea groups is 1. The van der Waals surface area contributed by atoms with E-state index in [1.807, 2.05) is 6.20 Å². The largest absolute Gasteiger partial charge is 0.396 e. The molecule has 1 unspecified atom stereocenters. The molecule has 2 aromatic rings. The molecule has 1 saturated heterocycles. The van der Waals surface area contributed by atoms with Gasteiger partial charge in [0.1, 0.15) is 5.82 Å². The number of nitrogens with one attached hydrogen (secondary N) is 2. The summed E-state index contributed by atoms with van der Waals surface area (Å²) in [6, 6.07) is 4.57. The van der Waals surface area contributed by atoms with Crippen LogP contribution < -0.4 is 5.32 Å². The first-order chi connectivity index (χ1) is 11.2. The van der Waals surface area contributed by atoms with Crippen LogP contribution in [0, 0.1) is 11.7 Å². The molecule has 124 valence electrons. The third-order valence-corrected chi connectivity index (χ3v) is 4.46. The van der Waals surface area contributed by atoms with Gasteiger partial charge in [-0.25, -0.2) is 9.18 Å². The van der Waals surface area contributed by atoms with E-state index in [9.17, 15) is 14.3 Å². The second-order valence-electron chi connectivity index (χ2n) is 6.12. The van der Waals surface area contributed by atoms with Crippen LogP contribution in [0.3, 0.4) is 0 Å². The van der Waals surface area contributed by atoms with Gasteiger partial charge in [-0.05, 0) is 48.9 Å². The predicted octanol–water partition coefficient (Wildman–Crippen LogP) is 2.26. The molecule has 0 saturated carbocycles. The lowest BCUT2D eigenvalue weighted by atomic mass is 9.99. The van der Waals surface area contributed by atoms with Crippen molar-refractivity contribution in [3.8, 4) is 0 Å². The number of benzene rings is 1. The molecule has 2 amide bonds. The van der Waals surface area contributed by atoms with Gasteiger partial charge in [0, 0.05) is 43.3 Å². The number of hydrogen-bond donors (Lipinski definition) is 3. The number of carbonyl (C=O) groups excluding carboxylic acids is 1. The van der Waals surface area contributed by atoms with Crippen molar-refractivity contribution < 1.29 is 14.3 Å². The normalized spacial score (nSPS) is 18.3. The molecule has 5 nitrogen and oxygen atoms in total. The summed E-state index contributed by atoms with van der Waals surface area (Å²) < 4.78 is 13.3. The van der Waals surface area contributed by atoms with Crippen LogP contribution in [0.2, 0.25) is 0 Å². The van der Waals surface area contributed by atoms with Gasteiger partial charge in [-0.1, -0.05) is 0 Å². The van der Waals surface area contributed by atoms with Crippen LogP contribution in [-0.4, -0.2) is 47.3 Å². The maximum Gasteiger partial charge on any atom is 0.317 e. The number of aliphatic hydroxyl groups excluding tert-OH is 1. The lowest BCUT2D eigenvalue weighted by Gasteiger charge is -2.31. The van der Waals surface area contributed by atoms with Crippen molar-refractivity contribution in [1.29, 1.82) is 0 Å². The Hall–Kier alpha value is -2.08. The van der Waals surface area contributed by atoms with Crippen molar-refractivity contribution in [2.24, 2.45) is 5.92 Å². The van der Waals surface area contributed by atoms with Crippen molar-refractivity contribution in [1.82, 2.24) is 15.2 Å². The van der Waals surface area contributed by atoms with Gasteiger partial charge in [-0.3, -0.25) is 0 Å². The second kappa shape index (κ2) is 7.00. The smallest absolute Gasteiger partial charge is 0.317 e. The highest BCUT2D eigenvalue weighted by atomic mass is 19.1. The fourth-order valence-corrected chi connectivity index (χ4v) is 3.17. The summed E-state index contributed by atoms with van der Waals surface area (Å²) in [6.45, 7) is 1.98. The third-order valence-electron chi connectivity index (χ3n) is 4.46. The van der Waals surface area contributed by atoms with E-state index in [0.717, 1.165) is 35.9 Å². The Labute approximate surface area is 134 Å². The lowest BCUT2D eigenvalue weighted by molar-refractivity contribution is 0.129. The summed E-state index contributed by atoms with van der Waals surface area (Å²) >= 11 is 0. The van der Waals surface area contributed by atoms with Gasteiger partial charge in [0.2, 0.25) is 0 Å². The van der Waals surface area contributed by atoms with E-state index in [-0.39, 0.29) is 24.4 Å². The molecular weight excluding hydrogens is 297 g/mol. The summed E-state index contributed by atoms with van der Waals surface area (Å²) in [6.07, 6.45) is 4.41. The van der Waals surface area contributed by atoms with E-state index in [1.165, 1.54) is 12.1 Å². The zero-order valence-electron chi connectivity index (χ0n) is 13.0. The molecule has 0 radical (unpaired) electrons. The number of likely N-dealkylation sites (tertiary alicyclic amines) is 1. The SMILES string of the molecule is O=C(NCCc1c[nH]c2ccc(F)cc12)N1CCCC(CO)C1. The van der Waals surface area contributed by atoms with Gasteiger partial charge in [0.05, 0.1) is 0 Å². The van der Waals surface area contributed by atoms with Gasteiger partial charge in [-0.2, -0.15) is 0 Å². The van der Waals surface area contributed by atoms with E-state index in [2.05, 4.69) is 10.3 Å². The Morgan fingerprint density at radius 2 is 2.35 bits per heavy atom. The number of rotatable bonds is 4. The summed E-state index contributed by atoms with van der Waals surface area (Å²) in [5.41, 5.74) is 1.89. The predicted molar refractivity (Wildman–Crippen MR) is 86.7 cm³/mol. The molecule has 0 bridgehead atoms. The number of aromatic nitrogens is 1. The highest BCUT2D eigenvalue weighted by Gasteiger charge is 2.22. The number of nitrogens with zero attached hydrogens (tertiary/aromatic N) is 1. The molecule has 0 spiro atoms. The first-order valence-corrected chi connectivity index (χ1v) is 8.06. The zero-order valence-corrected chi connectivity index (χ0v) is 13.0. The van der Waals surface area contributed by atoms with Crippen LogP contribution in [0.25, 0.3) is 10.9 Å². The van der Waals surface area contributed by atoms with E-state index in [0.29, 0.717) is 19.5 Å². The van der Waals surface area contributed by atoms with E-state index in [1.54, 1.807) is 11.0 Å². The van der Waals surface area contributed by atoms with Crippen molar-refractivity contribution in [3.05, 3.63) is 35.8 Å². The minimum Gasteiger partial charge on any atom is -0.396 e. The third kappa shape index (κ3) is 3.64. The Bertz CT molecular complexity index is 686. The number of halogens is 1. The van der Waals surface area contributed by atoms with Crippen molar-refractivity contribution in [2.75, 3.05) is 26.2 Å². The summed E-state index contributed by atoms with van der Waals surface area (Å²) in [5.74, 6) is -0.0724. The molecule has 23 heavy (non-hydrogen) atoms. The fraction of sp³-hybridized carbons (Fsp3) is 0.471. The summed E-state index contributed by atoms with van der Waals surface area (Å²) in [5, 5.41) is 13.0. The first kappa shape index (κ1) is 15.8. The topological polar surface area (TPSA) is 68.4 Å². The molecule has 1 aromatic carbocycles. The van der Waals surface area contributed by atoms with Crippen molar-refractivity contribution in [2.45, 2.75) is 19.3 Å². The van der Waals surface area contributed by atoms with Gasteiger partial charge in [0.25, 0.3) is 0 Å². The summed E-state index contributed by atoms with van der Waals surface area (Å²) in [7, 11) is 0. The van der Waals surface area contributed by atoms with Crippen molar-refractivity contribution in [3.63, 3.8) is 0 Å². The average molecular weight is 319 g/mol. The maximum absolute atomic E-state index is 13.3. The molecule has 2 heterocycles. The van der Waals surface area contributed by atoms with Gasteiger partial charge >= 0.3 is 6.03 Å². The molecule has 1 atom stereocenters. The first-order valence-electron chi connectivity index (χ1n) is 8.06. The molecule has 3 rings (SSSR count). The van der Waals surface area contributed by atoms with Crippen LogP contribution in [0.15, 0.2) is 24.4 Å². The quantitative estimate of drug-likeness (QED) is 0.809. The van der Waals surface area contributed by atoms with E-state index in [4.69, 9.17) is 0 Å². The maximum atomic E-state index is 13.3. The summed E-state index contributed by atoms with van der Waals surface area (Å²) in [4.78, 5) is 17.0. The number of fused-ring (bicyclic) bond motifs is 1. The van der Waals surface area contributed by atoms with Crippen LogP contribution in [0.5, 0.6) is 0 Å². The van der Waals surface area contributed by atoms with Crippen LogP contribution >= 0.6 is 0 Å². The molecule has 1 aliphatic heterocycles. The minimum atomic E-state index is -0.259. The molecule has 0 aliphatic carbocycles. The van der Waals surface area contributed by atoms with Crippen LogP contribution in [0.1, 0.15) is 18.4 Å². The average Bonchev–Trinajstić information content (AvgIpc) is 2.97. The Morgan fingerprint density at radius 1 is 1.48 bits per heavy atom. The van der Waals surface area contributed by atoms with Gasteiger partial charge in [-0.15, -0.1) is 0 Å². The Kier molecular flexibility index (Phi) is 4.81. The molecule has 1 aliphatic rings. The van der Waals surface area contributed by atoms with Crippen molar-refractivity contribution >= 4 is 16.9 Å². The molecule has 3 N–H and O–H groups in total. The number of aliphatic hydroxyl groups is 1. The number of hydrogen-bond acceptors (Lipinski definition) is 2. The molecule has 1 aromatic heterocycles. The monoisotopic (exact) mass is 319 g/mol. The van der Waals surface area contributed by atoms with E-state index >= 15 is 0 Å². The Morgan fingerprint density at radius 3 is 3.17 bits per heavy atom. The number of carbonyl (C=O) groups is 1. The lowest BCUT2D eigenvalue weighted by Crippen LogP contribution is -2.46. The van der Waals surface area contributed by atoms with Gasteiger partial charge in [0.15, 0.2) is 0 Å². The van der Waals surface area contributed by atoms with Crippen LogP contribution in [0.4, 0.5) is 9.18 Å². The zero-order chi connectivity index (χ0) is 16.2. The number of amides is 2. The Balaban J connectivity index is 1.54. The van der Waals surface area contributed by atoms with Gasteiger partial charge < -0.3 is 20.3 Å². The van der Waals surface area contributed by atoms with E-state index < -0.39 is 0 Å². The standard InChI is InChI=1S/C17H22FN3O2/c18-14-3-4-16-15(8-14)13(9-20-16)5-6-19-17(23)21-7-1-2-12(10-21)11-22/h3-4,8-9,12,20,22H,1-2,5-7,10-11H2,(H,19,23). The molecular formula is C17H22FN3O2. The minimum absolute atomic E-state index is 0.0887. The molecule has 6 heteroatoms. The second-order valence-corrected chi connectivity index (χ2v) is 6.12. The fourth-order valence-electron chi connectivity index (χ4n) is 3.17. The van der Waals surface area contributed by atoms with Crippen LogP contribution in [-0.2, 0) is 6.42 Å². The highest BCUT2D eigenvalue weighted by molar-refractivity contribution is 5.83. The molecule has 1 fully saturated rings. The number of H-pyrrole nitrogens is 1. The number of aromatic amines is 1.